The van der Waals surface area contributed by atoms with Crippen LogP contribution in [0.15, 0.2) is 35.3 Å². The van der Waals surface area contributed by atoms with Crippen molar-refractivity contribution in [1.29, 1.82) is 0 Å². The molecule has 0 aliphatic carbocycles. The summed E-state index contributed by atoms with van der Waals surface area (Å²) in [6.45, 7) is 1.78. The molecule has 0 atom stereocenters. The standard InChI is InChI=1S/C11H11NOS/c1-8(12-7-13)11-6-9-4-2-3-5-10(9)14-11/h2-6,13H,7H2,1H3. The summed E-state index contributed by atoms with van der Waals surface area (Å²) in [5.74, 6) is 0. The zero-order valence-electron chi connectivity index (χ0n) is 7.90. The summed E-state index contributed by atoms with van der Waals surface area (Å²) < 4.78 is 1.26. The number of aliphatic hydroxyl groups excluding tert-OH is 1. The molecule has 0 aliphatic heterocycles. The largest absolute Gasteiger partial charge is 0.375 e. The molecule has 0 amide bonds. The van der Waals surface area contributed by atoms with E-state index in [1.165, 1.54) is 10.1 Å². The molecule has 2 rings (SSSR count). The number of hydrogen-bond acceptors (Lipinski definition) is 3. The van der Waals surface area contributed by atoms with Gasteiger partial charge in [-0.05, 0) is 24.4 Å². The predicted octanol–water partition coefficient (Wildman–Crippen LogP) is 2.66. The van der Waals surface area contributed by atoms with Gasteiger partial charge in [-0.3, -0.25) is 4.99 Å². The molecular weight excluding hydrogens is 194 g/mol. The summed E-state index contributed by atoms with van der Waals surface area (Å²) in [6, 6.07) is 10.3. The molecule has 14 heavy (non-hydrogen) atoms. The lowest BCUT2D eigenvalue weighted by atomic mass is 10.2. The third kappa shape index (κ3) is 1.69. The molecule has 72 valence electrons. The smallest absolute Gasteiger partial charge is 0.134 e. The van der Waals surface area contributed by atoms with E-state index in [1.807, 2.05) is 19.1 Å². The Morgan fingerprint density at radius 2 is 2.21 bits per heavy atom. The van der Waals surface area contributed by atoms with Gasteiger partial charge in [0, 0.05) is 9.58 Å². The molecule has 1 heterocycles. The fourth-order valence-electron chi connectivity index (χ4n) is 1.34. The van der Waals surface area contributed by atoms with Gasteiger partial charge in [0.15, 0.2) is 0 Å². The van der Waals surface area contributed by atoms with E-state index in [0.29, 0.717) is 0 Å². The molecule has 2 nitrogen and oxygen atoms in total. The minimum absolute atomic E-state index is 0.139. The van der Waals surface area contributed by atoms with Crippen LogP contribution in [-0.4, -0.2) is 17.5 Å². The molecule has 1 aromatic carbocycles. The Morgan fingerprint density at radius 1 is 1.43 bits per heavy atom. The van der Waals surface area contributed by atoms with Gasteiger partial charge in [0.25, 0.3) is 0 Å². The molecule has 0 radical (unpaired) electrons. The van der Waals surface area contributed by atoms with Crippen molar-refractivity contribution in [2.24, 2.45) is 4.99 Å². The summed E-state index contributed by atoms with van der Waals surface area (Å²) in [7, 11) is 0. The van der Waals surface area contributed by atoms with Crippen LogP contribution in [0, 0.1) is 0 Å². The molecule has 1 aromatic heterocycles. The Balaban J connectivity index is 2.50. The SMILES string of the molecule is CC(=NCO)c1cc2ccccc2s1. The fraction of sp³-hybridized carbons (Fsp3) is 0.182. The first-order valence-electron chi connectivity index (χ1n) is 4.42. The molecule has 0 saturated heterocycles. The maximum atomic E-state index is 8.69. The highest BCUT2D eigenvalue weighted by atomic mass is 32.1. The van der Waals surface area contributed by atoms with Crippen LogP contribution in [0.2, 0.25) is 0 Å². The van der Waals surface area contributed by atoms with Gasteiger partial charge < -0.3 is 5.11 Å². The molecular formula is C11H11NOS. The zero-order chi connectivity index (χ0) is 9.97. The first-order chi connectivity index (χ1) is 6.81. The van der Waals surface area contributed by atoms with Crippen LogP contribution >= 0.6 is 11.3 Å². The fourth-order valence-corrected chi connectivity index (χ4v) is 2.37. The Bertz CT molecular complexity index is 440. The summed E-state index contributed by atoms with van der Waals surface area (Å²) in [5, 5.41) is 9.93. The van der Waals surface area contributed by atoms with Crippen LogP contribution < -0.4 is 0 Å². The Labute approximate surface area is 86.5 Å². The Morgan fingerprint density at radius 3 is 2.93 bits per heavy atom. The molecule has 0 fully saturated rings. The average molecular weight is 205 g/mol. The second kappa shape index (κ2) is 3.90. The van der Waals surface area contributed by atoms with Crippen molar-refractivity contribution in [3.05, 3.63) is 35.2 Å². The van der Waals surface area contributed by atoms with Gasteiger partial charge in [-0.2, -0.15) is 0 Å². The Kier molecular flexibility index (Phi) is 2.61. The van der Waals surface area contributed by atoms with E-state index < -0.39 is 0 Å². The van der Waals surface area contributed by atoms with Gasteiger partial charge in [0.2, 0.25) is 0 Å². The highest BCUT2D eigenvalue weighted by Gasteiger charge is 2.02. The third-order valence-electron chi connectivity index (χ3n) is 2.09. The van der Waals surface area contributed by atoms with Crippen LogP contribution in [0.1, 0.15) is 11.8 Å². The van der Waals surface area contributed by atoms with E-state index in [9.17, 15) is 0 Å². The number of rotatable bonds is 2. The van der Waals surface area contributed by atoms with E-state index in [0.717, 1.165) is 10.6 Å². The average Bonchev–Trinajstić information content (AvgIpc) is 2.61. The number of nitrogens with zero attached hydrogens (tertiary/aromatic N) is 1. The van der Waals surface area contributed by atoms with E-state index in [2.05, 4.69) is 23.2 Å². The Hall–Kier alpha value is -1.19. The van der Waals surface area contributed by atoms with Gasteiger partial charge in [0.05, 0.1) is 5.71 Å². The summed E-state index contributed by atoms with van der Waals surface area (Å²) >= 11 is 1.70. The third-order valence-corrected chi connectivity index (χ3v) is 3.31. The monoisotopic (exact) mass is 205 g/mol. The topological polar surface area (TPSA) is 32.6 Å². The molecule has 3 heteroatoms. The highest BCUT2D eigenvalue weighted by Crippen LogP contribution is 2.25. The predicted molar refractivity (Wildman–Crippen MR) is 61.1 cm³/mol. The van der Waals surface area contributed by atoms with Crippen LogP contribution in [0.3, 0.4) is 0 Å². The van der Waals surface area contributed by atoms with Crippen molar-refractivity contribution in [2.45, 2.75) is 6.92 Å². The van der Waals surface area contributed by atoms with Gasteiger partial charge in [-0.25, -0.2) is 0 Å². The van der Waals surface area contributed by atoms with E-state index in [4.69, 9.17) is 5.11 Å². The number of aliphatic imine (C=N–C) groups is 1. The molecule has 2 aromatic rings. The van der Waals surface area contributed by atoms with Gasteiger partial charge >= 0.3 is 0 Å². The second-order valence-electron chi connectivity index (χ2n) is 3.03. The maximum Gasteiger partial charge on any atom is 0.134 e. The van der Waals surface area contributed by atoms with E-state index >= 15 is 0 Å². The second-order valence-corrected chi connectivity index (χ2v) is 4.12. The van der Waals surface area contributed by atoms with Crippen molar-refractivity contribution < 1.29 is 5.11 Å². The lowest BCUT2D eigenvalue weighted by Gasteiger charge is -1.91. The first-order valence-corrected chi connectivity index (χ1v) is 5.24. The van der Waals surface area contributed by atoms with Crippen molar-refractivity contribution in [3.8, 4) is 0 Å². The lowest BCUT2D eigenvalue weighted by molar-refractivity contribution is 0.309. The molecule has 0 unspecified atom stereocenters. The van der Waals surface area contributed by atoms with Crippen LogP contribution in [0.25, 0.3) is 10.1 Å². The van der Waals surface area contributed by atoms with Crippen molar-refractivity contribution >= 4 is 27.1 Å². The maximum absolute atomic E-state index is 8.69. The van der Waals surface area contributed by atoms with E-state index in [-0.39, 0.29) is 6.73 Å². The first kappa shape index (κ1) is 9.37. The lowest BCUT2D eigenvalue weighted by Crippen LogP contribution is -1.91. The van der Waals surface area contributed by atoms with E-state index in [1.54, 1.807) is 11.3 Å². The van der Waals surface area contributed by atoms with Gasteiger partial charge in [-0.1, -0.05) is 18.2 Å². The molecule has 0 saturated carbocycles. The minimum Gasteiger partial charge on any atom is -0.375 e. The minimum atomic E-state index is -0.139. The van der Waals surface area contributed by atoms with Crippen LogP contribution in [-0.2, 0) is 0 Å². The normalized spacial score (nSPS) is 12.3. The zero-order valence-corrected chi connectivity index (χ0v) is 8.71. The molecule has 0 aliphatic rings. The quantitative estimate of drug-likeness (QED) is 0.751. The number of aliphatic hydroxyl groups is 1. The molecule has 0 spiro atoms. The number of hydrogen-bond donors (Lipinski definition) is 1. The summed E-state index contributed by atoms with van der Waals surface area (Å²) in [6.07, 6.45) is 0. The van der Waals surface area contributed by atoms with Crippen molar-refractivity contribution in [2.75, 3.05) is 6.73 Å². The van der Waals surface area contributed by atoms with Crippen molar-refractivity contribution in [1.82, 2.24) is 0 Å². The van der Waals surface area contributed by atoms with Gasteiger partial charge in [-0.15, -0.1) is 11.3 Å². The van der Waals surface area contributed by atoms with Gasteiger partial charge in [0.1, 0.15) is 6.73 Å². The highest BCUT2D eigenvalue weighted by molar-refractivity contribution is 7.20. The molecule has 0 bridgehead atoms. The number of thiophene rings is 1. The van der Waals surface area contributed by atoms with Crippen LogP contribution in [0.5, 0.6) is 0 Å². The van der Waals surface area contributed by atoms with Crippen molar-refractivity contribution in [3.63, 3.8) is 0 Å². The molecule has 1 N–H and O–H groups in total. The summed E-state index contributed by atoms with van der Waals surface area (Å²) in [5.41, 5.74) is 0.897. The number of benzene rings is 1. The van der Waals surface area contributed by atoms with Crippen LogP contribution in [0.4, 0.5) is 0 Å². The number of fused-ring (bicyclic) bond motifs is 1. The summed E-state index contributed by atoms with van der Waals surface area (Å²) in [4.78, 5) is 5.10.